The summed E-state index contributed by atoms with van der Waals surface area (Å²) in [5, 5.41) is 12.4. The second-order valence-electron chi connectivity index (χ2n) is 7.01. The van der Waals surface area contributed by atoms with Crippen molar-refractivity contribution < 1.29 is 9.59 Å². The molecule has 0 fully saturated rings. The first-order valence-corrected chi connectivity index (χ1v) is 10.8. The number of nitrogens with zero attached hydrogens (tertiary/aromatic N) is 4. The normalized spacial score (nSPS) is 12.2. The van der Waals surface area contributed by atoms with Gasteiger partial charge >= 0.3 is 0 Å². The molecule has 0 unspecified atom stereocenters. The third kappa shape index (κ3) is 6.30. The number of carbonyl (C=O) groups is 2. The molecule has 9 heteroatoms. The van der Waals surface area contributed by atoms with Crippen LogP contribution >= 0.6 is 11.8 Å². The van der Waals surface area contributed by atoms with E-state index in [9.17, 15) is 9.59 Å². The van der Waals surface area contributed by atoms with Gasteiger partial charge in [0, 0.05) is 17.8 Å². The Morgan fingerprint density at radius 1 is 1.21 bits per heavy atom. The third-order valence-corrected chi connectivity index (χ3v) is 5.54. The minimum Gasteiger partial charge on any atom is -0.366 e. The number of nitrogens with two attached hydrogens (primary N) is 1. The monoisotopic (exact) mass is 418 g/mol. The summed E-state index contributed by atoms with van der Waals surface area (Å²) < 4.78 is 2.14. The van der Waals surface area contributed by atoms with Gasteiger partial charge in [-0.25, -0.2) is 0 Å². The van der Waals surface area contributed by atoms with Crippen molar-refractivity contribution in [2.45, 2.75) is 50.9 Å². The van der Waals surface area contributed by atoms with E-state index in [-0.39, 0.29) is 17.7 Å². The smallest absolute Gasteiger partial charge is 0.248 e. The van der Waals surface area contributed by atoms with E-state index in [1.54, 1.807) is 24.3 Å². The molecule has 1 aromatic carbocycles. The number of anilines is 1. The number of aromatic nitrogens is 3. The minimum atomic E-state index is -0.497. The summed E-state index contributed by atoms with van der Waals surface area (Å²) >= 11 is 1.38. The molecule has 3 N–H and O–H groups in total. The summed E-state index contributed by atoms with van der Waals surface area (Å²) in [7, 11) is 4.08. The molecule has 29 heavy (non-hydrogen) atoms. The fraction of sp³-hybridized carbons (Fsp3) is 0.500. The minimum absolute atomic E-state index is 0.145. The van der Waals surface area contributed by atoms with Gasteiger partial charge in [0.1, 0.15) is 0 Å². The Morgan fingerprint density at radius 2 is 1.90 bits per heavy atom. The fourth-order valence-corrected chi connectivity index (χ4v) is 3.77. The van der Waals surface area contributed by atoms with Crippen molar-refractivity contribution in [3.63, 3.8) is 0 Å². The van der Waals surface area contributed by atoms with Crippen LogP contribution in [-0.2, 0) is 11.3 Å². The lowest BCUT2D eigenvalue weighted by atomic mass is 10.2. The molecular formula is C20H30N6O2S. The van der Waals surface area contributed by atoms with Gasteiger partial charge in [0.05, 0.1) is 11.8 Å². The average molecular weight is 419 g/mol. The van der Waals surface area contributed by atoms with Crippen LogP contribution in [0.3, 0.4) is 0 Å². The molecule has 0 saturated heterocycles. The van der Waals surface area contributed by atoms with Crippen molar-refractivity contribution in [1.82, 2.24) is 19.7 Å². The summed E-state index contributed by atoms with van der Waals surface area (Å²) in [4.78, 5) is 25.6. The van der Waals surface area contributed by atoms with Gasteiger partial charge < -0.3 is 15.6 Å². The van der Waals surface area contributed by atoms with Gasteiger partial charge in [0.2, 0.25) is 11.8 Å². The lowest BCUT2D eigenvalue weighted by Gasteiger charge is -2.23. The molecule has 0 bridgehead atoms. The summed E-state index contributed by atoms with van der Waals surface area (Å²) in [6.45, 7) is 5.12. The Labute approximate surface area is 176 Å². The average Bonchev–Trinajstić information content (AvgIpc) is 3.07. The van der Waals surface area contributed by atoms with E-state index in [0.717, 1.165) is 36.8 Å². The number of primary amides is 1. The van der Waals surface area contributed by atoms with Gasteiger partial charge in [0.25, 0.3) is 0 Å². The van der Waals surface area contributed by atoms with Crippen molar-refractivity contribution in [3.8, 4) is 0 Å². The van der Waals surface area contributed by atoms with E-state index in [1.807, 2.05) is 14.1 Å². The molecule has 0 aliphatic carbocycles. The van der Waals surface area contributed by atoms with Crippen LogP contribution in [-0.4, -0.2) is 51.3 Å². The Kier molecular flexibility index (Phi) is 8.66. The van der Waals surface area contributed by atoms with Crippen LogP contribution in [0.1, 0.15) is 55.3 Å². The van der Waals surface area contributed by atoms with Crippen molar-refractivity contribution >= 4 is 29.3 Å². The first-order chi connectivity index (χ1) is 13.9. The molecule has 2 aromatic rings. The predicted molar refractivity (Wildman–Crippen MR) is 116 cm³/mol. The van der Waals surface area contributed by atoms with Crippen molar-refractivity contribution in [1.29, 1.82) is 0 Å². The molecule has 158 valence electrons. The lowest BCUT2D eigenvalue weighted by Crippen LogP contribution is -2.23. The molecule has 8 nitrogen and oxygen atoms in total. The first-order valence-electron chi connectivity index (χ1n) is 9.79. The molecule has 0 aliphatic heterocycles. The van der Waals surface area contributed by atoms with Crippen LogP contribution < -0.4 is 11.1 Å². The maximum atomic E-state index is 12.3. The van der Waals surface area contributed by atoms with Crippen LogP contribution in [0.5, 0.6) is 0 Å². The largest absolute Gasteiger partial charge is 0.366 e. The van der Waals surface area contributed by atoms with E-state index in [4.69, 9.17) is 5.73 Å². The zero-order valence-corrected chi connectivity index (χ0v) is 18.3. The van der Waals surface area contributed by atoms with Crippen LogP contribution in [0, 0.1) is 0 Å². The topological polar surface area (TPSA) is 106 Å². The summed E-state index contributed by atoms with van der Waals surface area (Å²) in [5.74, 6) is 0.522. The highest BCUT2D eigenvalue weighted by atomic mass is 32.2. The number of benzene rings is 1. The molecule has 2 amide bonds. The van der Waals surface area contributed by atoms with Crippen LogP contribution in [0.15, 0.2) is 29.4 Å². The number of unbranched alkanes of at least 4 members (excludes halogenated alkanes) is 1. The molecule has 0 spiro atoms. The summed E-state index contributed by atoms with van der Waals surface area (Å²) in [6.07, 6.45) is 3.03. The molecule has 0 radical (unpaired) electrons. The van der Waals surface area contributed by atoms with Gasteiger partial charge in [-0.15, -0.1) is 10.2 Å². The lowest BCUT2D eigenvalue weighted by molar-refractivity contribution is -0.113. The molecule has 2 rings (SSSR count). The zero-order valence-electron chi connectivity index (χ0n) is 17.5. The Balaban J connectivity index is 2.05. The van der Waals surface area contributed by atoms with Gasteiger partial charge in [-0.3, -0.25) is 14.5 Å². The van der Waals surface area contributed by atoms with E-state index in [2.05, 4.69) is 38.8 Å². The number of hydrogen-bond acceptors (Lipinski definition) is 6. The Hall–Kier alpha value is -2.39. The molecule has 1 aromatic heterocycles. The number of amides is 2. The quantitative estimate of drug-likeness (QED) is 0.544. The molecule has 0 aliphatic rings. The second-order valence-corrected chi connectivity index (χ2v) is 7.95. The summed E-state index contributed by atoms with van der Waals surface area (Å²) in [6, 6.07) is 6.68. The standard InChI is InChI=1S/C20H30N6O2S/c1-5-7-12-26-19(16(6-2)25(3)4)23-24-20(26)29-13-17(27)22-15-10-8-14(9-11-15)18(21)28/h8-11,16H,5-7,12-13H2,1-4H3,(H2,21,28)(H,22,27)/t16-/m0/s1. The van der Waals surface area contributed by atoms with E-state index >= 15 is 0 Å². The highest BCUT2D eigenvalue weighted by molar-refractivity contribution is 7.99. The molecular weight excluding hydrogens is 388 g/mol. The number of thioether (sulfide) groups is 1. The zero-order chi connectivity index (χ0) is 21.4. The second kappa shape index (κ2) is 11.0. The highest BCUT2D eigenvalue weighted by Gasteiger charge is 2.22. The predicted octanol–water partition coefficient (Wildman–Crippen LogP) is 2.92. The van der Waals surface area contributed by atoms with Gasteiger partial charge in [-0.05, 0) is 51.2 Å². The Bertz CT molecular complexity index is 819. The third-order valence-electron chi connectivity index (χ3n) is 4.57. The van der Waals surface area contributed by atoms with E-state index in [0.29, 0.717) is 11.3 Å². The number of nitrogens with one attached hydrogen (secondary N) is 1. The summed E-state index contributed by atoms with van der Waals surface area (Å²) in [5.41, 5.74) is 6.25. The molecule has 1 atom stereocenters. The Morgan fingerprint density at radius 3 is 2.45 bits per heavy atom. The van der Waals surface area contributed by atoms with Crippen LogP contribution in [0.25, 0.3) is 0 Å². The van der Waals surface area contributed by atoms with Crippen LogP contribution in [0.2, 0.25) is 0 Å². The number of rotatable bonds is 11. The van der Waals surface area contributed by atoms with Crippen LogP contribution in [0.4, 0.5) is 5.69 Å². The molecule has 1 heterocycles. The molecule has 0 saturated carbocycles. The number of hydrogen-bond donors (Lipinski definition) is 2. The maximum Gasteiger partial charge on any atom is 0.248 e. The fourth-order valence-electron chi connectivity index (χ4n) is 3.00. The van der Waals surface area contributed by atoms with Gasteiger partial charge in [-0.1, -0.05) is 32.0 Å². The first kappa shape index (κ1) is 22.9. The highest BCUT2D eigenvalue weighted by Crippen LogP contribution is 2.25. The maximum absolute atomic E-state index is 12.3. The van der Waals surface area contributed by atoms with Gasteiger partial charge in [-0.2, -0.15) is 0 Å². The number of carbonyl (C=O) groups excluding carboxylic acids is 2. The van der Waals surface area contributed by atoms with E-state index < -0.39 is 5.91 Å². The SMILES string of the molecule is CCCCn1c(SCC(=O)Nc2ccc(C(N)=O)cc2)nnc1[C@H](CC)N(C)C. The van der Waals surface area contributed by atoms with Crippen molar-refractivity contribution in [2.24, 2.45) is 5.73 Å². The van der Waals surface area contributed by atoms with Crippen molar-refractivity contribution in [2.75, 3.05) is 25.2 Å². The van der Waals surface area contributed by atoms with Crippen molar-refractivity contribution in [3.05, 3.63) is 35.7 Å². The van der Waals surface area contributed by atoms with E-state index in [1.165, 1.54) is 11.8 Å². The van der Waals surface area contributed by atoms with Gasteiger partial charge in [0.15, 0.2) is 11.0 Å².